The second kappa shape index (κ2) is 4.44. The van der Waals surface area contributed by atoms with Crippen LogP contribution >= 0.6 is 0 Å². The summed E-state index contributed by atoms with van der Waals surface area (Å²) in [6, 6.07) is 3.68. The molecule has 1 unspecified atom stereocenters. The molecule has 74 valence electrons. The Hall–Kier alpha value is -0.800. The molecule has 0 aliphatic rings. The van der Waals surface area contributed by atoms with Crippen LogP contribution in [0.5, 0.6) is 0 Å². The molecule has 0 aromatic carbocycles. The number of ether oxygens (including phenoxy) is 1. The van der Waals surface area contributed by atoms with Crippen molar-refractivity contribution in [3.05, 3.63) is 24.2 Å². The lowest BCUT2D eigenvalue weighted by atomic mass is 9.97. The lowest BCUT2D eigenvalue weighted by molar-refractivity contribution is 0.0210. The summed E-state index contributed by atoms with van der Waals surface area (Å²) in [5.74, 6) is 0.807. The summed E-state index contributed by atoms with van der Waals surface area (Å²) in [6.45, 7) is 2.35. The molecule has 0 radical (unpaired) electrons. The predicted molar refractivity (Wildman–Crippen MR) is 49.5 cm³/mol. The Labute approximate surface area is 78.3 Å². The molecule has 0 spiro atoms. The lowest BCUT2D eigenvalue weighted by Gasteiger charge is -2.21. The molecule has 1 rings (SSSR count). The zero-order valence-electron chi connectivity index (χ0n) is 8.12. The van der Waals surface area contributed by atoms with Crippen molar-refractivity contribution >= 4 is 0 Å². The van der Waals surface area contributed by atoms with Crippen LogP contribution in [-0.4, -0.2) is 24.4 Å². The van der Waals surface area contributed by atoms with Crippen LogP contribution in [0.25, 0.3) is 0 Å². The Kier molecular flexibility index (Phi) is 3.51. The second-order valence-electron chi connectivity index (χ2n) is 3.50. The van der Waals surface area contributed by atoms with Gasteiger partial charge in [-0.05, 0) is 25.5 Å². The average molecular weight is 184 g/mol. The highest BCUT2D eigenvalue weighted by molar-refractivity contribution is 5.01. The third-order valence-corrected chi connectivity index (χ3v) is 1.98. The minimum atomic E-state index is -0.742. The number of aliphatic hydroxyl groups is 1. The monoisotopic (exact) mass is 184 g/mol. The van der Waals surface area contributed by atoms with Gasteiger partial charge in [-0.1, -0.05) is 0 Å². The first-order chi connectivity index (χ1) is 6.14. The second-order valence-corrected chi connectivity index (χ2v) is 3.50. The average Bonchev–Trinajstić information content (AvgIpc) is 2.52. The Balaban J connectivity index is 2.42. The molecule has 1 N–H and O–H groups in total. The van der Waals surface area contributed by atoms with Crippen molar-refractivity contribution in [1.82, 2.24) is 0 Å². The molecule has 1 heterocycles. The molecule has 1 aromatic heterocycles. The van der Waals surface area contributed by atoms with E-state index in [-0.39, 0.29) is 0 Å². The maximum atomic E-state index is 9.88. The van der Waals surface area contributed by atoms with Gasteiger partial charge in [0.1, 0.15) is 5.76 Å². The van der Waals surface area contributed by atoms with Gasteiger partial charge < -0.3 is 14.3 Å². The van der Waals surface area contributed by atoms with Gasteiger partial charge in [-0.3, -0.25) is 0 Å². The van der Waals surface area contributed by atoms with Gasteiger partial charge in [0.15, 0.2) is 0 Å². The van der Waals surface area contributed by atoms with Gasteiger partial charge in [0, 0.05) is 20.1 Å². The summed E-state index contributed by atoms with van der Waals surface area (Å²) in [7, 11) is 1.63. The molecule has 0 bridgehead atoms. The van der Waals surface area contributed by atoms with Gasteiger partial charge >= 0.3 is 0 Å². The molecule has 0 aliphatic heterocycles. The van der Waals surface area contributed by atoms with Gasteiger partial charge in [-0.15, -0.1) is 0 Å². The summed E-state index contributed by atoms with van der Waals surface area (Å²) >= 11 is 0. The molecule has 1 atom stereocenters. The molecule has 3 heteroatoms. The molecular weight excluding hydrogens is 168 g/mol. The van der Waals surface area contributed by atoms with Crippen molar-refractivity contribution in [3.63, 3.8) is 0 Å². The molecule has 3 nitrogen and oxygen atoms in total. The van der Waals surface area contributed by atoms with Crippen LogP contribution in [0.2, 0.25) is 0 Å². The Morgan fingerprint density at radius 2 is 2.38 bits per heavy atom. The predicted octanol–water partition coefficient (Wildman–Crippen LogP) is 1.61. The minimum absolute atomic E-state index is 0.531. The van der Waals surface area contributed by atoms with E-state index in [9.17, 15) is 5.11 Å². The largest absolute Gasteiger partial charge is 0.469 e. The number of rotatable bonds is 5. The molecular formula is C10H16O3. The lowest BCUT2D eigenvalue weighted by Crippen LogP contribution is -2.28. The zero-order chi connectivity index (χ0) is 9.73. The highest BCUT2D eigenvalue weighted by Gasteiger charge is 2.21. The number of furan rings is 1. The quantitative estimate of drug-likeness (QED) is 0.756. The highest BCUT2D eigenvalue weighted by atomic mass is 16.5. The van der Waals surface area contributed by atoms with Gasteiger partial charge in [0.25, 0.3) is 0 Å². The summed E-state index contributed by atoms with van der Waals surface area (Å²) in [5, 5.41) is 9.88. The van der Waals surface area contributed by atoms with Gasteiger partial charge in [0.05, 0.1) is 11.9 Å². The van der Waals surface area contributed by atoms with Gasteiger partial charge in [-0.25, -0.2) is 0 Å². The third-order valence-electron chi connectivity index (χ3n) is 1.98. The normalized spacial score (nSPS) is 15.6. The molecule has 0 saturated heterocycles. The number of methoxy groups -OCH3 is 1. The van der Waals surface area contributed by atoms with E-state index in [0.717, 1.165) is 5.76 Å². The van der Waals surface area contributed by atoms with Crippen LogP contribution in [0.3, 0.4) is 0 Å². The van der Waals surface area contributed by atoms with Crippen molar-refractivity contribution in [1.29, 1.82) is 0 Å². The van der Waals surface area contributed by atoms with Crippen LogP contribution < -0.4 is 0 Å². The van der Waals surface area contributed by atoms with E-state index in [4.69, 9.17) is 9.15 Å². The fourth-order valence-electron chi connectivity index (χ4n) is 1.20. The van der Waals surface area contributed by atoms with E-state index in [2.05, 4.69) is 0 Å². The Bertz CT molecular complexity index is 226. The standard InChI is InChI=1S/C10H16O3/c1-10(11,5-7-12-2)8-9-4-3-6-13-9/h3-4,6,11H,5,7-8H2,1-2H3. The fourth-order valence-corrected chi connectivity index (χ4v) is 1.20. The number of hydrogen-bond donors (Lipinski definition) is 1. The molecule has 0 saturated carbocycles. The third kappa shape index (κ3) is 3.61. The fraction of sp³-hybridized carbons (Fsp3) is 0.600. The van der Waals surface area contributed by atoms with E-state index in [0.29, 0.717) is 19.4 Å². The zero-order valence-corrected chi connectivity index (χ0v) is 8.12. The van der Waals surface area contributed by atoms with Crippen molar-refractivity contribution in [2.45, 2.75) is 25.4 Å². The van der Waals surface area contributed by atoms with Crippen LogP contribution in [-0.2, 0) is 11.2 Å². The molecule has 13 heavy (non-hydrogen) atoms. The highest BCUT2D eigenvalue weighted by Crippen LogP contribution is 2.16. The summed E-state index contributed by atoms with van der Waals surface area (Å²) in [4.78, 5) is 0. The van der Waals surface area contributed by atoms with E-state index >= 15 is 0 Å². The van der Waals surface area contributed by atoms with Crippen molar-refractivity contribution in [2.75, 3.05) is 13.7 Å². The summed E-state index contributed by atoms with van der Waals surface area (Å²) < 4.78 is 10.1. The van der Waals surface area contributed by atoms with Gasteiger partial charge in [-0.2, -0.15) is 0 Å². The van der Waals surface area contributed by atoms with E-state index in [1.165, 1.54) is 0 Å². The SMILES string of the molecule is COCCC(C)(O)Cc1ccco1. The van der Waals surface area contributed by atoms with E-state index in [1.807, 2.05) is 12.1 Å². The van der Waals surface area contributed by atoms with Crippen molar-refractivity contribution < 1.29 is 14.3 Å². The molecule has 0 amide bonds. The maximum absolute atomic E-state index is 9.88. The first-order valence-electron chi connectivity index (χ1n) is 4.38. The summed E-state index contributed by atoms with van der Waals surface area (Å²) in [6.07, 6.45) is 2.76. The Morgan fingerprint density at radius 1 is 1.62 bits per heavy atom. The van der Waals surface area contributed by atoms with Crippen LogP contribution in [0, 0.1) is 0 Å². The smallest absolute Gasteiger partial charge is 0.106 e. The van der Waals surface area contributed by atoms with Gasteiger partial charge in [0.2, 0.25) is 0 Å². The Morgan fingerprint density at radius 3 is 2.92 bits per heavy atom. The topological polar surface area (TPSA) is 42.6 Å². The van der Waals surface area contributed by atoms with Crippen LogP contribution in [0.1, 0.15) is 19.1 Å². The van der Waals surface area contributed by atoms with Crippen LogP contribution in [0.15, 0.2) is 22.8 Å². The van der Waals surface area contributed by atoms with Crippen LogP contribution in [0.4, 0.5) is 0 Å². The first kappa shape index (κ1) is 10.3. The maximum Gasteiger partial charge on any atom is 0.106 e. The summed E-state index contributed by atoms with van der Waals surface area (Å²) in [5.41, 5.74) is -0.742. The van der Waals surface area contributed by atoms with Crippen molar-refractivity contribution in [2.24, 2.45) is 0 Å². The molecule has 0 aliphatic carbocycles. The van der Waals surface area contributed by atoms with E-state index in [1.54, 1.807) is 20.3 Å². The number of hydrogen-bond acceptors (Lipinski definition) is 3. The molecule has 0 fully saturated rings. The van der Waals surface area contributed by atoms with Crippen molar-refractivity contribution in [3.8, 4) is 0 Å². The molecule has 1 aromatic rings. The first-order valence-corrected chi connectivity index (χ1v) is 4.38. The minimum Gasteiger partial charge on any atom is -0.469 e. The van der Waals surface area contributed by atoms with E-state index < -0.39 is 5.60 Å².